The molecule has 0 fully saturated rings. The maximum absolute atomic E-state index is 10.9. The zero-order valence-corrected chi connectivity index (χ0v) is 11.2. The SMILES string of the molecule is CCCC(OC)c1noc(C(C)C(C)C(=O)O)n1. The number of ether oxygens (including phenoxy) is 1. The van der Waals surface area contributed by atoms with E-state index in [4.69, 9.17) is 14.4 Å². The lowest BCUT2D eigenvalue weighted by molar-refractivity contribution is -0.141. The molecule has 0 saturated carbocycles. The quantitative estimate of drug-likeness (QED) is 0.806. The highest BCUT2D eigenvalue weighted by molar-refractivity contribution is 5.70. The molecule has 102 valence electrons. The fourth-order valence-electron chi connectivity index (χ4n) is 1.61. The normalized spacial score (nSPS) is 16.2. The topological polar surface area (TPSA) is 85.5 Å². The van der Waals surface area contributed by atoms with Gasteiger partial charge in [0, 0.05) is 13.0 Å². The third-order valence-corrected chi connectivity index (χ3v) is 3.11. The van der Waals surface area contributed by atoms with Crippen LogP contribution in [0.3, 0.4) is 0 Å². The Labute approximate surface area is 106 Å². The average Bonchev–Trinajstić information content (AvgIpc) is 2.83. The van der Waals surface area contributed by atoms with E-state index in [1.165, 1.54) is 0 Å². The third kappa shape index (κ3) is 3.29. The summed E-state index contributed by atoms with van der Waals surface area (Å²) in [5.74, 6) is -0.927. The van der Waals surface area contributed by atoms with E-state index in [0.717, 1.165) is 12.8 Å². The molecule has 0 aromatic carbocycles. The molecule has 0 bridgehead atoms. The first-order valence-electron chi connectivity index (χ1n) is 6.10. The van der Waals surface area contributed by atoms with Crippen molar-refractivity contribution < 1.29 is 19.2 Å². The second-order valence-electron chi connectivity index (χ2n) is 4.42. The van der Waals surface area contributed by atoms with Crippen molar-refractivity contribution in [1.29, 1.82) is 0 Å². The molecule has 0 radical (unpaired) electrons. The molecule has 6 heteroatoms. The standard InChI is InChI=1S/C12H20N2O4/c1-5-6-9(17-4)10-13-11(18-14-10)7(2)8(3)12(15)16/h7-9H,5-6H2,1-4H3,(H,15,16). The highest BCUT2D eigenvalue weighted by Gasteiger charge is 2.27. The molecule has 0 amide bonds. The van der Waals surface area contributed by atoms with Gasteiger partial charge >= 0.3 is 5.97 Å². The number of carbonyl (C=O) groups is 1. The molecule has 0 aliphatic heterocycles. The van der Waals surface area contributed by atoms with Gasteiger partial charge in [0.1, 0.15) is 6.10 Å². The molecular formula is C12H20N2O4. The summed E-state index contributed by atoms with van der Waals surface area (Å²) in [6, 6.07) is 0. The molecule has 1 N–H and O–H groups in total. The lowest BCUT2D eigenvalue weighted by Gasteiger charge is -2.11. The minimum Gasteiger partial charge on any atom is -0.481 e. The average molecular weight is 256 g/mol. The van der Waals surface area contributed by atoms with Crippen LogP contribution in [0, 0.1) is 5.92 Å². The van der Waals surface area contributed by atoms with Crippen LogP contribution in [0.1, 0.15) is 57.3 Å². The first-order valence-corrected chi connectivity index (χ1v) is 6.10. The molecule has 6 nitrogen and oxygen atoms in total. The first kappa shape index (κ1) is 14.6. The number of aromatic nitrogens is 2. The van der Waals surface area contributed by atoms with Crippen LogP contribution >= 0.6 is 0 Å². The summed E-state index contributed by atoms with van der Waals surface area (Å²) in [6.07, 6.45) is 1.56. The number of rotatable bonds is 7. The Morgan fingerprint density at radius 2 is 2.17 bits per heavy atom. The summed E-state index contributed by atoms with van der Waals surface area (Å²) < 4.78 is 10.4. The summed E-state index contributed by atoms with van der Waals surface area (Å²) in [7, 11) is 1.60. The van der Waals surface area contributed by atoms with Gasteiger partial charge < -0.3 is 14.4 Å². The number of methoxy groups -OCH3 is 1. The zero-order valence-electron chi connectivity index (χ0n) is 11.2. The van der Waals surface area contributed by atoms with Crippen molar-refractivity contribution in [2.45, 2.75) is 45.6 Å². The van der Waals surface area contributed by atoms with E-state index in [-0.39, 0.29) is 12.0 Å². The van der Waals surface area contributed by atoms with Gasteiger partial charge in [-0.15, -0.1) is 0 Å². The summed E-state index contributed by atoms with van der Waals surface area (Å²) in [5.41, 5.74) is 0. The second kappa shape index (κ2) is 6.49. The number of carboxylic acid groups (broad SMARTS) is 1. The smallest absolute Gasteiger partial charge is 0.307 e. The Morgan fingerprint density at radius 3 is 2.67 bits per heavy atom. The minimum atomic E-state index is -0.876. The molecule has 3 unspecified atom stereocenters. The summed E-state index contributed by atoms with van der Waals surface area (Å²) in [4.78, 5) is 15.1. The maximum atomic E-state index is 10.9. The predicted octanol–water partition coefficient (Wildman–Crippen LogP) is 2.38. The van der Waals surface area contributed by atoms with E-state index in [0.29, 0.717) is 11.7 Å². The monoisotopic (exact) mass is 256 g/mol. The van der Waals surface area contributed by atoms with Crippen LogP contribution in [0.4, 0.5) is 0 Å². The molecule has 1 rings (SSSR count). The van der Waals surface area contributed by atoms with Gasteiger partial charge in [0.2, 0.25) is 11.7 Å². The van der Waals surface area contributed by atoms with Gasteiger partial charge in [0.25, 0.3) is 0 Å². The molecule has 1 aromatic rings. The van der Waals surface area contributed by atoms with Gasteiger partial charge in [-0.25, -0.2) is 0 Å². The molecule has 0 aliphatic carbocycles. The Morgan fingerprint density at radius 1 is 1.50 bits per heavy atom. The highest BCUT2D eigenvalue weighted by atomic mass is 16.5. The minimum absolute atomic E-state index is 0.195. The Kier molecular flexibility index (Phi) is 5.27. The van der Waals surface area contributed by atoms with Gasteiger partial charge in [0.15, 0.2) is 0 Å². The van der Waals surface area contributed by atoms with Gasteiger partial charge in [-0.3, -0.25) is 4.79 Å². The number of carboxylic acids is 1. The number of hydrogen-bond donors (Lipinski definition) is 1. The molecular weight excluding hydrogens is 236 g/mol. The molecule has 18 heavy (non-hydrogen) atoms. The predicted molar refractivity (Wildman–Crippen MR) is 64.2 cm³/mol. The highest BCUT2D eigenvalue weighted by Crippen LogP contribution is 2.25. The second-order valence-corrected chi connectivity index (χ2v) is 4.42. The fraction of sp³-hybridized carbons (Fsp3) is 0.750. The van der Waals surface area contributed by atoms with Crippen molar-refractivity contribution in [3.05, 3.63) is 11.7 Å². The Bertz CT molecular complexity index is 391. The van der Waals surface area contributed by atoms with Crippen molar-refractivity contribution >= 4 is 5.97 Å². The Hall–Kier alpha value is -1.43. The number of aliphatic carboxylic acids is 1. The van der Waals surface area contributed by atoms with Crippen LogP contribution in [-0.2, 0) is 9.53 Å². The number of nitrogens with zero attached hydrogens (tertiary/aromatic N) is 2. The maximum Gasteiger partial charge on any atom is 0.307 e. The number of hydrogen-bond acceptors (Lipinski definition) is 5. The van der Waals surface area contributed by atoms with Crippen molar-refractivity contribution in [3.63, 3.8) is 0 Å². The van der Waals surface area contributed by atoms with Gasteiger partial charge in [-0.2, -0.15) is 4.98 Å². The van der Waals surface area contributed by atoms with Crippen LogP contribution in [0.15, 0.2) is 4.52 Å². The molecule has 0 spiro atoms. The van der Waals surface area contributed by atoms with Crippen molar-refractivity contribution in [2.24, 2.45) is 5.92 Å². The third-order valence-electron chi connectivity index (χ3n) is 3.11. The zero-order chi connectivity index (χ0) is 13.7. The van der Waals surface area contributed by atoms with Crippen LogP contribution in [-0.4, -0.2) is 28.3 Å². The van der Waals surface area contributed by atoms with E-state index in [1.807, 2.05) is 6.92 Å². The van der Waals surface area contributed by atoms with E-state index in [1.54, 1.807) is 21.0 Å². The van der Waals surface area contributed by atoms with E-state index < -0.39 is 11.9 Å². The van der Waals surface area contributed by atoms with Crippen LogP contribution in [0.2, 0.25) is 0 Å². The molecule has 0 aliphatic rings. The molecule has 3 atom stereocenters. The molecule has 1 aromatic heterocycles. The molecule has 0 saturated heterocycles. The van der Waals surface area contributed by atoms with Gasteiger partial charge in [-0.05, 0) is 6.42 Å². The lowest BCUT2D eigenvalue weighted by Crippen LogP contribution is -2.17. The van der Waals surface area contributed by atoms with Crippen molar-refractivity contribution in [3.8, 4) is 0 Å². The van der Waals surface area contributed by atoms with E-state index >= 15 is 0 Å². The van der Waals surface area contributed by atoms with Crippen molar-refractivity contribution in [1.82, 2.24) is 10.1 Å². The van der Waals surface area contributed by atoms with Crippen LogP contribution in [0.25, 0.3) is 0 Å². The van der Waals surface area contributed by atoms with Gasteiger partial charge in [-0.1, -0.05) is 32.3 Å². The van der Waals surface area contributed by atoms with E-state index in [2.05, 4.69) is 10.1 Å². The van der Waals surface area contributed by atoms with Gasteiger partial charge in [0.05, 0.1) is 5.92 Å². The molecule has 1 heterocycles. The van der Waals surface area contributed by atoms with Crippen LogP contribution < -0.4 is 0 Å². The largest absolute Gasteiger partial charge is 0.481 e. The Balaban J connectivity index is 2.81. The first-order chi connectivity index (χ1) is 8.51. The van der Waals surface area contributed by atoms with E-state index in [9.17, 15) is 4.79 Å². The van der Waals surface area contributed by atoms with Crippen LogP contribution in [0.5, 0.6) is 0 Å². The summed E-state index contributed by atoms with van der Waals surface area (Å²) >= 11 is 0. The van der Waals surface area contributed by atoms with Crippen molar-refractivity contribution in [2.75, 3.05) is 7.11 Å². The summed E-state index contributed by atoms with van der Waals surface area (Å²) in [5, 5.41) is 12.8. The lowest BCUT2D eigenvalue weighted by atomic mass is 9.96. The fourth-order valence-corrected chi connectivity index (χ4v) is 1.61. The summed E-state index contributed by atoms with van der Waals surface area (Å²) in [6.45, 7) is 5.43.